The van der Waals surface area contributed by atoms with Gasteiger partial charge in [-0.1, -0.05) is 0 Å². The quantitative estimate of drug-likeness (QED) is 0.661. The van der Waals surface area contributed by atoms with E-state index in [1.54, 1.807) is 10.9 Å². The van der Waals surface area contributed by atoms with Crippen LogP contribution in [0.3, 0.4) is 0 Å². The maximum absolute atomic E-state index is 6.02. The van der Waals surface area contributed by atoms with Crippen LogP contribution in [0.5, 0.6) is 0 Å². The minimum atomic E-state index is -0.666. The number of hydrogen-bond donors (Lipinski definition) is 1. The van der Waals surface area contributed by atoms with Crippen LogP contribution in [0.2, 0.25) is 5.28 Å². The van der Waals surface area contributed by atoms with Gasteiger partial charge in [-0.3, -0.25) is 0 Å². The molecule has 0 N–H and O–H groups in total. The highest BCUT2D eigenvalue weighted by atomic mass is 35.5. The molecule has 2 saturated heterocycles. The summed E-state index contributed by atoms with van der Waals surface area (Å²) in [6, 6.07) is 0. The second-order valence-electron chi connectivity index (χ2n) is 5.74. The summed E-state index contributed by atoms with van der Waals surface area (Å²) >= 11 is 10.2. The zero-order valence-electron chi connectivity index (χ0n) is 11.9. The normalized spacial score (nSPS) is 33.5. The van der Waals surface area contributed by atoms with Crippen molar-refractivity contribution < 1.29 is 14.2 Å². The van der Waals surface area contributed by atoms with E-state index >= 15 is 0 Å². The Morgan fingerprint density at radius 3 is 2.95 bits per heavy atom. The highest BCUT2D eigenvalue weighted by Crippen LogP contribution is 2.43. The molecule has 2 aliphatic rings. The topological polar surface area (TPSA) is 71.3 Å². The fourth-order valence-corrected chi connectivity index (χ4v) is 3.37. The molecule has 0 bridgehead atoms. The Balaban J connectivity index is 1.76. The van der Waals surface area contributed by atoms with Gasteiger partial charge in [0, 0.05) is 5.75 Å². The Morgan fingerprint density at radius 1 is 1.41 bits per heavy atom. The van der Waals surface area contributed by atoms with E-state index in [-0.39, 0.29) is 23.6 Å². The van der Waals surface area contributed by atoms with E-state index in [2.05, 4.69) is 33.9 Å². The number of rotatable bonds is 2. The maximum atomic E-state index is 6.02. The predicted octanol–water partition coefficient (Wildman–Crippen LogP) is 1.63. The number of thiol groups is 1. The molecule has 0 unspecified atom stereocenters. The van der Waals surface area contributed by atoms with E-state index in [1.807, 2.05) is 13.8 Å². The molecule has 2 fully saturated rings. The van der Waals surface area contributed by atoms with E-state index in [0.29, 0.717) is 16.8 Å². The molecule has 4 atom stereocenters. The maximum Gasteiger partial charge on any atom is 0.225 e. The van der Waals surface area contributed by atoms with Crippen molar-refractivity contribution in [2.75, 3.05) is 5.75 Å². The number of fused-ring (bicyclic) bond motifs is 2. The second-order valence-corrected chi connectivity index (χ2v) is 6.45. The second kappa shape index (κ2) is 5.04. The summed E-state index contributed by atoms with van der Waals surface area (Å²) in [6.07, 6.45) is 3.30. The van der Waals surface area contributed by atoms with Crippen molar-refractivity contribution in [3.63, 3.8) is 0 Å². The first kappa shape index (κ1) is 14.6. The first-order valence-corrected chi connectivity index (χ1v) is 7.90. The number of hydrogen-bond acceptors (Lipinski definition) is 7. The van der Waals surface area contributed by atoms with Crippen molar-refractivity contribution in [1.82, 2.24) is 19.7 Å². The smallest absolute Gasteiger partial charge is 0.225 e. The van der Waals surface area contributed by atoms with Crippen LogP contribution in [0.1, 0.15) is 20.1 Å². The van der Waals surface area contributed by atoms with Crippen LogP contribution < -0.4 is 0 Å². The van der Waals surface area contributed by atoms with Gasteiger partial charge in [0.15, 0.2) is 17.7 Å². The SMILES string of the molecule is CC1(C)O[C@@H]2[C@H](O1)[C@@H](CS)O[C@H]2n1ncc2[c]nc(Cl)nc21. The molecule has 0 aromatic carbocycles. The number of nitrogens with zero attached hydrogens (tertiary/aromatic N) is 4. The minimum absolute atomic E-state index is 0.110. The molecule has 4 heterocycles. The summed E-state index contributed by atoms with van der Waals surface area (Å²) in [5, 5.41) is 5.11. The molecule has 7 nitrogen and oxygen atoms in total. The van der Waals surface area contributed by atoms with Crippen LogP contribution in [0.25, 0.3) is 11.0 Å². The fraction of sp³-hybridized carbons (Fsp3) is 0.615. The zero-order valence-corrected chi connectivity index (χ0v) is 13.6. The summed E-state index contributed by atoms with van der Waals surface area (Å²) in [7, 11) is 0. The van der Waals surface area contributed by atoms with Gasteiger partial charge in [-0.2, -0.15) is 22.7 Å². The molecule has 0 spiro atoms. The first-order chi connectivity index (χ1) is 10.5. The molecule has 2 aromatic rings. The molecule has 4 rings (SSSR count). The third kappa shape index (κ3) is 2.21. The van der Waals surface area contributed by atoms with Crippen LogP contribution in [0, 0.1) is 6.20 Å². The van der Waals surface area contributed by atoms with Gasteiger partial charge < -0.3 is 14.2 Å². The third-order valence-electron chi connectivity index (χ3n) is 3.78. The molecule has 9 heteroatoms. The van der Waals surface area contributed by atoms with Crippen molar-refractivity contribution in [2.45, 2.75) is 44.2 Å². The summed E-state index contributed by atoms with van der Waals surface area (Å²) in [6.45, 7) is 3.76. The van der Waals surface area contributed by atoms with Gasteiger partial charge in [-0.25, -0.2) is 9.67 Å². The molecule has 2 aliphatic heterocycles. The molecule has 0 aliphatic carbocycles. The van der Waals surface area contributed by atoms with Crippen molar-refractivity contribution in [3.05, 3.63) is 17.7 Å². The molecule has 0 amide bonds. The molecule has 117 valence electrons. The Kier molecular flexibility index (Phi) is 3.35. The summed E-state index contributed by atoms with van der Waals surface area (Å²) < 4.78 is 19.6. The highest BCUT2D eigenvalue weighted by Gasteiger charge is 2.56. The predicted molar refractivity (Wildman–Crippen MR) is 80.8 cm³/mol. The first-order valence-electron chi connectivity index (χ1n) is 6.89. The molecular weight excluding hydrogens is 328 g/mol. The lowest BCUT2D eigenvalue weighted by atomic mass is 10.1. The van der Waals surface area contributed by atoms with Gasteiger partial charge in [0.1, 0.15) is 18.4 Å². The van der Waals surface area contributed by atoms with Gasteiger partial charge in [0.25, 0.3) is 0 Å². The van der Waals surface area contributed by atoms with Crippen LogP contribution >= 0.6 is 24.2 Å². The van der Waals surface area contributed by atoms with Gasteiger partial charge in [0.05, 0.1) is 17.7 Å². The zero-order chi connectivity index (χ0) is 15.5. The highest BCUT2D eigenvalue weighted by molar-refractivity contribution is 7.80. The average molecular weight is 342 g/mol. The Hall–Kier alpha value is -0.930. The standard InChI is InChI=1S/C13H14ClN4O3S/c1-13(2)20-8-7(5-22)19-11(9(8)21-13)18-10-6(4-16-18)3-15-12(14)17-10/h4,7-9,11,22H,5H2,1-2H3/t7-,8-,9-,11-/m1/s1. The Morgan fingerprint density at radius 2 is 2.18 bits per heavy atom. The summed E-state index contributed by atoms with van der Waals surface area (Å²) in [4.78, 5) is 8.04. The van der Waals surface area contributed by atoms with Crippen LogP contribution in [0.4, 0.5) is 0 Å². The minimum Gasteiger partial charge on any atom is -0.347 e. The molecule has 2 aromatic heterocycles. The number of aromatic nitrogens is 4. The van der Waals surface area contributed by atoms with Gasteiger partial charge in [-0.15, -0.1) is 0 Å². The Bertz CT molecular complexity index is 724. The van der Waals surface area contributed by atoms with Crippen molar-refractivity contribution in [2.24, 2.45) is 0 Å². The largest absolute Gasteiger partial charge is 0.347 e. The van der Waals surface area contributed by atoms with Gasteiger partial charge in [-0.05, 0) is 25.4 Å². The monoisotopic (exact) mass is 341 g/mol. The average Bonchev–Trinajstić information content (AvgIpc) is 3.09. The summed E-state index contributed by atoms with van der Waals surface area (Å²) in [5.41, 5.74) is 0.553. The summed E-state index contributed by atoms with van der Waals surface area (Å²) in [5.74, 6) is -0.140. The molecular formula is C13H14ClN4O3S. The van der Waals surface area contributed by atoms with E-state index < -0.39 is 12.0 Å². The lowest BCUT2D eigenvalue weighted by Gasteiger charge is -2.23. The van der Waals surface area contributed by atoms with Crippen LogP contribution in [-0.4, -0.2) is 49.6 Å². The van der Waals surface area contributed by atoms with Crippen molar-refractivity contribution in [3.8, 4) is 0 Å². The lowest BCUT2D eigenvalue weighted by Crippen LogP contribution is -2.30. The van der Waals surface area contributed by atoms with E-state index in [4.69, 9.17) is 25.8 Å². The van der Waals surface area contributed by atoms with E-state index in [1.165, 1.54) is 0 Å². The number of ether oxygens (including phenoxy) is 3. The molecule has 1 radical (unpaired) electrons. The van der Waals surface area contributed by atoms with Gasteiger partial charge in [0.2, 0.25) is 5.28 Å². The van der Waals surface area contributed by atoms with Gasteiger partial charge >= 0.3 is 0 Å². The van der Waals surface area contributed by atoms with E-state index in [9.17, 15) is 0 Å². The Labute approximate surface area is 137 Å². The van der Waals surface area contributed by atoms with Crippen LogP contribution in [0.15, 0.2) is 6.20 Å². The number of halogens is 1. The van der Waals surface area contributed by atoms with Crippen molar-refractivity contribution >= 4 is 35.3 Å². The lowest BCUT2D eigenvalue weighted by molar-refractivity contribution is -0.195. The molecule has 22 heavy (non-hydrogen) atoms. The van der Waals surface area contributed by atoms with Crippen LogP contribution in [-0.2, 0) is 14.2 Å². The molecule has 0 saturated carbocycles. The third-order valence-corrected chi connectivity index (χ3v) is 4.31. The van der Waals surface area contributed by atoms with Crippen molar-refractivity contribution in [1.29, 1.82) is 0 Å². The van der Waals surface area contributed by atoms with E-state index in [0.717, 1.165) is 0 Å². The fourth-order valence-electron chi connectivity index (χ4n) is 2.95.